The Morgan fingerprint density at radius 2 is 2.35 bits per heavy atom. The molecule has 0 saturated carbocycles. The van der Waals surface area contributed by atoms with Gasteiger partial charge in [-0.2, -0.15) is 4.98 Å². The summed E-state index contributed by atoms with van der Waals surface area (Å²) in [6.07, 6.45) is -1.21. The van der Waals surface area contributed by atoms with E-state index in [2.05, 4.69) is 10.3 Å². The second-order valence-electron chi connectivity index (χ2n) is 5.06. The number of nitrogens with one attached hydrogen (secondary N) is 1. The molecule has 0 unspecified atom stereocenters. The number of hydrogen-bond donors (Lipinski definition) is 3. The minimum absolute atomic E-state index is 0.0766. The third kappa shape index (κ3) is 3.63. The first kappa shape index (κ1) is 17.3. The van der Waals surface area contributed by atoms with Gasteiger partial charge in [0.1, 0.15) is 18.0 Å². The average molecular weight is 327 g/mol. The highest BCUT2D eigenvalue weighted by atomic mass is 19.1. The van der Waals surface area contributed by atoms with Crippen molar-refractivity contribution in [3.8, 4) is 0 Å². The smallest absolute Gasteiger partial charge is 0.351 e. The molecule has 2 heterocycles. The van der Waals surface area contributed by atoms with Gasteiger partial charge in [-0.05, 0) is 12.5 Å². The summed E-state index contributed by atoms with van der Waals surface area (Å²) >= 11 is 0. The van der Waals surface area contributed by atoms with Gasteiger partial charge >= 0.3 is 5.69 Å². The summed E-state index contributed by atoms with van der Waals surface area (Å²) in [5.74, 6) is -0.192. The number of halogens is 1. The molecule has 3 atom stereocenters. The zero-order chi connectivity index (χ0) is 17.0. The first-order valence-corrected chi connectivity index (χ1v) is 7.15. The number of ether oxygens (including phenoxy) is 1. The number of carbonyl (C=O) groups excluding carboxylic acids is 1. The van der Waals surface area contributed by atoms with E-state index in [0.717, 1.165) is 4.57 Å². The van der Waals surface area contributed by atoms with Crippen LogP contribution in [0.5, 0.6) is 0 Å². The van der Waals surface area contributed by atoms with Gasteiger partial charge < -0.3 is 20.3 Å². The number of carbonyl (C=O) groups is 1. The lowest BCUT2D eigenvalue weighted by atomic mass is 10.1. The minimum atomic E-state index is -1.36. The van der Waals surface area contributed by atoms with Gasteiger partial charge in [-0.1, -0.05) is 6.92 Å². The number of anilines is 1. The molecule has 2 rings (SSSR count). The summed E-state index contributed by atoms with van der Waals surface area (Å²) < 4.78 is 19.2. The molecule has 23 heavy (non-hydrogen) atoms. The van der Waals surface area contributed by atoms with Crippen molar-refractivity contribution >= 4 is 11.7 Å². The number of aliphatic hydroxyl groups is 2. The maximum atomic E-state index is 13.0. The number of aromatic nitrogens is 2. The summed E-state index contributed by atoms with van der Waals surface area (Å²) in [7, 11) is 0. The quantitative estimate of drug-likeness (QED) is 0.706. The van der Waals surface area contributed by atoms with Crippen LogP contribution in [0.4, 0.5) is 10.2 Å². The van der Waals surface area contributed by atoms with Gasteiger partial charge in [-0.3, -0.25) is 9.36 Å². The third-order valence-corrected chi connectivity index (χ3v) is 3.42. The third-order valence-electron chi connectivity index (χ3n) is 3.42. The van der Waals surface area contributed by atoms with E-state index < -0.39 is 30.7 Å². The van der Waals surface area contributed by atoms with Gasteiger partial charge in [0.15, 0.2) is 6.23 Å². The molecule has 1 aromatic rings. The summed E-state index contributed by atoms with van der Waals surface area (Å²) in [6.45, 7) is 1.32. The Morgan fingerprint density at radius 3 is 2.91 bits per heavy atom. The van der Waals surface area contributed by atoms with Crippen LogP contribution in [0, 0.1) is 0 Å². The minimum Gasteiger partial charge on any atom is -0.394 e. The molecule has 0 spiro atoms. The van der Waals surface area contributed by atoms with Crippen molar-refractivity contribution in [3.63, 3.8) is 0 Å². The molecule has 1 aliphatic rings. The summed E-state index contributed by atoms with van der Waals surface area (Å²) in [4.78, 5) is 27.2. The number of hydrogen-bond acceptors (Lipinski definition) is 6. The molecule has 1 aromatic heterocycles. The predicted molar refractivity (Wildman–Crippen MR) is 78.2 cm³/mol. The topological polar surface area (TPSA) is 114 Å². The lowest BCUT2D eigenvalue weighted by Crippen LogP contribution is -2.29. The standard InChI is InChI=1S/C14H18FN3O5/c1-2-3-11(20)16-10-4-5-18(14(22)17-10)13-8(6-15)12(21)9(7-19)23-13/h4-6,9,12-13,19,21H,2-3,7H2,1H3,(H,16,17,20,22)/b8-6-/t9-,12+,13-/m1/s1. The Bertz CT molecular complexity index is 660. The number of aliphatic hydroxyl groups excluding tert-OH is 2. The maximum absolute atomic E-state index is 13.0. The molecule has 3 N–H and O–H groups in total. The fourth-order valence-corrected chi connectivity index (χ4v) is 2.26. The van der Waals surface area contributed by atoms with Crippen molar-refractivity contribution < 1.29 is 24.1 Å². The molecule has 1 saturated heterocycles. The lowest BCUT2D eigenvalue weighted by molar-refractivity contribution is -0.116. The van der Waals surface area contributed by atoms with Crippen LogP contribution in [0.25, 0.3) is 0 Å². The zero-order valence-electron chi connectivity index (χ0n) is 12.5. The zero-order valence-corrected chi connectivity index (χ0v) is 12.5. The Morgan fingerprint density at radius 1 is 1.61 bits per heavy atom. The Balaban J connectivity index is 2.24. The Kier molecular flexibility index (Phi) is 5.59. The molecule has 126 valence electrons. The highest BCUT2D eigenvalue weighted by Gasteiger charge is 2.40. The Hall–Kier alpha value is -2.10. The van der Waals surface area contributed by atoms with Gasteiger partial charge in [0, 0.05) is 18.2 Å². The largest absolute Gasteiger partial charge is 0.394 e. The Labute approximate surface area is 131 Å². The van der Waals surface area contributed by atoms with E-state index in [0.29, 0.717) is 12.8 Å². The van der Waals surface area contributed by atoms with E-state index in [4.69, 9.17) is 9.84 Å². The first-order chi connectivity index (χ1) is 11.0. The van der Waals surface area contributed by atoms with Crippen LogP contribution in [0.3, 0.4) is 0 Å². The van der Waals surface area contributed by atoms with E-state index >= 15 is 0 Å². The van der Waals surface area contributed by atoms with Crippen LogP contribution in [0.15, 0.2) is 29.0 Å². The highest BCUT2D eigenvalue weighted by Crippen LogP contribution is 2.33. The van der Waals surface area contributed by atoms with Crippen LogP contribution in [0.2, 0.25) is 0 Å². The van der Waals surface area contributed by atoms with Crippen molar-refractivity contribution in [2.75, 3.05) is 11.9 Å². The number of rotatable bonds is 5. The second kappa shape index (κ2) is 7.44. The van der Waals surface area contributed by atoms with Gasteiger partial charge in [-0.25, -0.2) is 9.18 Å². The van der Waals surface area contributed by atoms with Gasteiger partial charge in [-0.15, -0.1) is 0 Å². The first-order valence-electron chi connectivity index (χ1n) is 7.15. The van der Waals surface area contributed by atoms with E-state index in [9.17, 15) is 19.1 Å². The molecule has 0 aromatic carbocycles. The monoisotopic (exact) mass is 327 g/mol. The fraction of sp³-hybridized carbons (Fsp3) is 0.500. The van der Waals surface area contributed by atoms with Gasteiger partial charge in [0.05, 0.1) is 12.9 Å². The molecular weight excluding hydrogens is 309 g/mol. The van der Waals surface area contributed by atoms with Crippen LogP contribution >= 0.6 is 0 Å². The molecule has 1 aliphatic heterocycles. The second-order valence-corrected chi connectivity index (χ2v) is 5.06. The van der Waals surface area contributed by atoms with Gasteiger partial charge in [0.2, 0.25) is 5.91 Å². The van der Waals surface area contributed by atoms with E-state index in [1.807, 2.05) is 6.92 Å². The molecule has 8 nitrogen and oxygen atoms in total. The summed E-state index contributed by atoms with van der Waals surface area (Å²) in [6, 6.07) is 1.37. The SMILES string of the molecule is CCCC(=O)Nc1ccn([C@@H]2O[C@H](CO)[C@@H](O)/C2=C/F)c(=O)n1. The van der Waals surface area contributed by atoms with Crippen LogP contribution in [0.1, 0.15) is 26.0 Å². The molecule has 0 aliphatic carbocycles. The lowest BCUT2D eigenvalue weighted by Gasteiger charge is -2.15. The van der Waals surface area contributed by atoms with E-state index in [1.54, 1.807) is 0 Å². The summed E-state index contributed by atoms with van der Waals surface area (Å²) in [5, 5.41) is 21.4. The molecular formula is C14H18FN3O5. The van der Waals surface area contributed by atoms with Gasteiger partial charge in [0.25, 0.3) is 0 Å². The summed E-state index contributed by atoms with van der Waals surface area (Å²) in [5.41, 5.74) is -0.967. The van der Waals surface area contributed by atoms with Crippen molar-refractivity contribution in [2.24, 2.45) is 0 Å². The average Bonchev–Trinajstić information content (AvgIpc) is 2.83. The van der Waals surface area contributed by atoms with Crippen molar-refractivity contribution in [2.45, 2.75) is 38.2 Å². The maximum Gasteiger partial charge on any atom is 0.351 e. The number of nitrogens with zero attached hydrogens (tertiary/aromatic N) is 2. The predicted octanol–water partition coefficient (Wildman–Crippen LogP) is 0.0859. The fourth-order valence-electron chi connectivity index (χ4n) is 2.26. The molecule has 9 heteroatoms. The van der Waals surface area contributed by atoms with Crippen molar-refractivity contribution in [1.82, 2.24) is 9.55 Å². The van der Waals surface area contributed by atoms with Crippen molar-refractivity contribution in [3.05, 3.63) is 34.7 Å². The van der Waals surface area contributed by atoms with E-state index in [1.165, 1.54) is 12.3 Å². The molecule has 1 amide bonds. The van der Waals surface area contributed by atoms with Crippen molar-refractivity contribution in [1.29, 1.82) is 0 Å². The highest BCUT2D eigenvalue weighted by molar-refractivity contribution is 5.89. The molecule has 0 bridgehead atoms. The van der Waals surface area contributed by atoms with E-state index in [-0.39, 0.29) is 23.6 Å². The van der Waals surface area contributed by atoms with Crippen LogP contribution < -0.4 is 11.0 Å². The molecule has 0 radical (unpaired) electrons. The molecule has 1 fully saturated rings. The van der Waals surface area contributed by atoms with Crippen LogP contribution in [-0.2, 0) is 9.53 Å². The van der Waals surface area contributed by atoms with Crippen LogP contribution in [-0.4, -0.2) is 44.5 Å². The normalized spacial score (nSPS) is 25.7. The number of amides is 1.